The number of methoxy groups -OCH3 is 3. The van der Waals surface area contributed by atoms with E-state index in [4.69, 9.17) is 14.2 Å². The highest BCUT2D eigenvalue weighted by Gasteiger charge is 2.18. The van der Waals surface area contributed by atoms with E-state index in [9.17, 15) is 14.4 Å². The monoisotopic (exact) mass is 414 g/mol. The number of thiazole rings is 1. The van der Waals surface area contributed by atoms with E-state index in [1.807, 2.05) is 0 Å². The molecular formula is C20H18N2O6S. The minimum atomic E-state index is -0.632. The summed E-state index contributed by atoms with van der Waals surface area (Å²) >= 11 is 1.22. The number of hydrogen-bond donors (Lipinski definition) is 0. The van der Waals surface area contributed by atoms with E-state index < -0.39 is 17.8 Å². The Morgan fingerprint density at radius 1 is 1.00 bits per heavy atom. The molecule has 3 aromatic rings. The zero-order valence-electron chi connectivity index (χ0n) is 16.0. The normalized spacial score (nSPS) is 11.3. The van der Waals surface area contributed by atoms with Gasteiger partial charge in [0.25, 0.3) is 5.91 Å². The Morgan fingerprint density at radius 3 is 2.38 bits per heavy atom. The summed E-state index contributed by atoms with van der Waals surface area (Å²) in [5, 5.41) is 0. The van der Waals surface area contributed by atoms with Crippen molar-refractivity contribution in [2.24, 2.45) is 4.99 Å². The maximum Gasteiger partial charge on any atom is 0.338 e. The molecule has 0 saturated heterocycles. The molecule has 0 saturated carbocycles. The fourth-order valence-electron chi connectivity index (χ4n) is 2.72. The van der Waals surface area contributed by atoms with Crippen molar-refractivity contribution >= 4 is 39.4 Å². The molecule has 1 amide bonds. The molecule has 0 spiro atoms. The van der Waals surface area contributed by atoms with Crippen LogP contribution in [0.25, 0.3) is 10.2 Å². The predicted octanol–water partition coefficient (Wildman–Crippen LogP) is 2.41. The quantitative estimate of drug-likeness (QED) is 0.595. The first-order valence-electron chi connectivity index (χ1n) is 8.49. The number of benzene rings is 2. The van der Waals surface area contributed by atoms with Gasteiger partial charge in [-0.1, -0.05) is 23.5 Å². The van der Waals surface area contributed by atoms with Crippen molar-refractivity contribution in [3.8, 4) is 5.75 Å². The standard InChI is InChI=1S/C20H18N2O6S/c1-26-12-8-9-15-16(10-12)29-20(22(15)11-17(23)27-2)21-18(24)13-6-4-5-7-14(13)19(25)28-3/h4-10H,11H2,1-3H3. The number of aromatic nitrogens is 1. The van der Waals surface area contributed by atoms with Gasteiger partial charge in [0.05, 0.1) is 42.7 Å². The molecule has 0 aliphatic carbocycles. The molecule has 1 aromatic heterocycles. The summed E-state index contributed by atoms with van der Waals surface area (Å²) < 4.78 is 17.1. The molecule has 8 nitrogen and oxygen atoms in total. The summed E-state index contributed by atoms with van der Waals surface area (Å²) in [6.45, 7) is -0.117. The molecule has 1 heterocycles. The van der Waals surface area contributed by atoms with Gasteiger partial charge in [0.15, 0.2) is 4.80 Å². The summed E-state index contributed by atoms with van der Waals surface area (Å²) in [6.07, 6.45) is 0. The van der Waals surface area contributed by atoms with Gasteiger partial charge in [-0.2, -0.15) is 4.99 Å². The van der Waals surface area contributed by atoms with Gasteiger partial charge >= 0.3 is 11.9 Å². The number of carbonyl (C=O) groups is 3. The van der Waals surface area contributed by atoms with Crippen LogP contribution in [-0.4, -0.2) is 43.7 Å². The van der Waals surface area contributed by atoms with E-state index in [1.54, 1.807) is 42.0 Å². The molecule has 0 fully saturated rings. The van der Waals surface area contributed by atoms with Gasteiger partial charge in [0, 0.05) is 0 Å². The van der Waals surface area contributed by atoms with Gasteiger partial charge in [-0.05, 0) is 30.3 Å². The average molecular weight is 414 g/mol. The lowest BCUT2D eigenvalue weighted by atomic mass is 10.1. The van der Waals surface area contributed by atoms with E-state index in [0.717, 1.165) is 4.70 Å². The van der Waals surface area contributed by atoms with Crippen molar-refractivity contribution in [3.05, 3.63) is 58.4 Å². The van der Waals surface area contributed by atoms with Crippen LogP contribution in [-0.2, 0) is 20.8 Å². The van der Waals surface area contributed by atoms with Gasteiger partial charge in [-0.3, -0.25) is 9.59 Å². The molecule has 150 valence electrons. The number of hydrogen-bond acceptors (Lipinski definition) is 7. The van der Waals surface area contributed by atoms with Crippen LogP contribution < -0.4 is 9.54 Å². The van der Waals surface area contributed by atoms with Gasteiger partial charge in [0.2, 0.25) is 0 Å². The van der Waals surface area contributed by atoms with Crippen LogP contribution in [0.2, 0.25) is 0 Å². The van der Waals surface area contributed by atoms with Crippen molar-refractivity contribution in [3.63, 3.8) is 0 Å². The van der Waals surface area contributed by atoms with Crippen molar-refractivity contribution < 1.29 is 28.6 Å². The van der Waals surface area contributed by atoms with Crippen LogP contribution in [0.3, 0.4) is 0 Å². The van der Waals surface area contributed by atoms with Crippen LogP contribution in [0.4, 0.5) is 0 Å². The molecule has 0 radical (unpaired) electrons. The smallest absolute Gasteiger partial charge is 0.338 e. The molecule has 0 aliphatic rings. The fraction of sp³-hybridized carbons (Fsp3) is 0.200. The van der Waals surface area contributed by atoms with E-state index in [-0.39, 0.29) is 17.7 Å². The third-order valence-corrected chi connectivity index (χ3v) is 5.21. The third kappa shape index (κ3) is 4.19. The van der Waals surface area contributed by atoms with Crippen LogP contribution in [0, 0.1) is 0 Å². The highest BCUT2D eigenvalue weighted by atomic mass is 32.1. The minimum Gasteiger partial charge on any atom is -0.497 e. The molecule has 0 bridgehead atoms. The molecular weight excluding hydrogens is 396 g/mol. The molecule has 0 unspecified atom stereocenters. The lowest BCUT2D eigenvalue weighted by Crippen LogP contribution is -2.22. The summed E-state index contributed by atoms with van der Waals surface area (Å²) in [6, 6.07) is 11.6. The molecule has 3 rings (SSSR count). The lowest BCUT2D eigenvalue weighted by molar-refractivity contribution is -0.141. The first-order valence-corrected chi connectivity index (χ1v) is 9.30. The zero-order chi connectivity index (χ0) is 21.0. The van der Waals surface area contributed by atoms with Crippen molar-refractivity contribution in [1.29, 1.82) is 0 Å². The Labute approximate surface area is 170 Å². The van der Waals surface area contributed by atoms with E-state index in [0.29, 0.717) is 16.1 Å². The number of nitrogens with zero attached hydrogens (tertiary/aromatic N) is 2. The number of amides is 1. The van der Waals surface area contributed by atoms with Gasteiger partial charge in [-0.25, -0.2) is 4.79 Å². The second kappa shape index (κ2) is 8.70. The van der Waals surface area contributed by atoms with Gasteiger partial charge in [-0.15, -0.1) is 0 Å². The van der Waals surface area contributed by atoms with Crippen LogP contribution >= 0.6 is 11.3 Å². The molecule has 0 aliphatic heterocycles. The number of esters is 2. The van der Waals surface area contributed by atoms with Crippen LogP contribution in [0.5, 0.6) is 5.75 Å². The molecule has 9 heteroatoms. The zero-order valence-corrected chi connectivity index (χ0v) is 16.8. The second-order valence-corrected chi connectivity index (χ2v) is 6.84. The topological polar surface area (TPSA) is 96.2 Å². The second-order valence-electron chi connectivity index (χ2n) is 5.83. The highest BCUT2D eigenvalue weighted by Crippen LogP contribution is 2.23. The van der Waals surface area contributed by atoms with Crippen molar-refractivity contribution in [1.82, 2.24) is 4.57 Å². The molecule has 0 N–H and O–H groups in total. The minimum absolute atomic E-state index is 0.110. The summed E-state index contributed by atoms with van der Waals surface area (Å²) in [5.74, 6) is -1.10. The predicted molar refractivity (Wildman–Crippen MR) is 106 cm³/mol. The maximum atomic E-state index is 12.8. The largest absolute Gasteiger partial charge is 0.497 e. The highest BCUT2D eigenvalue weighted by molar-refractivity contribution is 7.16. The number of fused-ring (bicyclic) bond motifs is 1. The summed E-state index contributed by atoms with van der Waals surface area (Å²) in [5.41, 5.74) is 0.930. The molecule has 2 aromatic carbocycles. The Kier molecular flexibility index (Phi) is 6.08. The first-order chi connectivity index (χ1) is 14.0. The Hall–Kier alpha value is -3.46. The Balaban J connectivity index is 2.16. The average Bonchev–Trinajstić information content (AvgIpc) is 3.08. The number of carbonyl (C=O) groups excluding carboxylic acids is 3. The van der Waals surface area contributed by atoms with Crippen molar-refractivity contribution in [2.45, 2.75) is 6.54 Å². The summed E-state index contributed by atoms with van der Waals surface area (Å²) in [7, 11) is 4.08. The van der Waals surface area contributed by atoms with Crippen LogP contribution in [0.15, 0.2) is 47.5 Å². The van der Waals surface area contributed by atoms with E-state index in [2.05, 4.69) is 4.99 Å². The lowest BCUT2D eigenvalue weighted by Gasteiger charge is -2.05. The summed E-state index contributed by atoms with van der Waals surface area (Å²) in [4.78, 5) is 41.2. The van der Waals surface area contributed by atoms with Gasteiger partial charge < -0.3 is 18.8 Å². The number of ether oxygens (including phenoxy) is 3. The van der Waals surface area contributed by atoms with E-state index >= 15 is 0 Å². The molecule has 29 heavy (non-hydrogen) atoms. The molecule has 0 atom stereocenters. The Bertz CT molecular complexity index is 1160. The third-order valence-electron chi connectivity index (χ3n) is 4.16. The fourth-order valence-corrected chi connectivity index (χ4v) is 3.77. The van der Waals surface area contributed by atoms with Gasteiger partial charge in [0.1, 0.15) is 12.3 Å². The Morgan fingerprint density at radius 2 is 1.72 bits per heavy atom. The number of rotatable bonds is 5. The maximum absolute atomic E-state index is 12.8. The van der Waals surface area contributed by atoms with E-state index in [1.165, 1.54) is 37.7 Å². The SMILES string of the molecule is COC(=O)Cn1c(=NC(=O)c2ccccc2C(=O)OC)sc2cc(OC)ccc21. The van der Waals surface area contributed by atoms with Crippen LogP contribution in [0.1, 0.15) is 20.7 Å². The van der Waals surface area contributed by atoms with Crippen molar-refractivity contribution in [2.75, 3.05) is 21.3 Å². The first kappa shape index (κ1) is 20.3.